The van der Waals surface area contributed by atoms with Crippen LogP contribution in [0.1, 0.15) is 39.5 Å². The molecule has 19 heavy (non-hydrogen) atoms. The molecule has 2 rings (SSSR count). The second-order valence-corrected chi connectivity index (χ2v) is 5.77. The largest absolute Gasteiger partial charge is 0.369 e. The zero-order valence-corrected chi connectivity index (χ0v) is 11.8. The minimum absolute atomic E-state index is 0.110. The summed E-state index contributed by atoms with van der Waals surface area (Å²) in [7, 11) is 0. The van der Waals surface area contributed by atoms with Gasteiger partial charge >= 0.3 is 0 Å². The molecular weight excluding hydrogens is 240 g/mol. The molecule has 1 heterocycles. The maximum atomic E-state index is 11.4. The van der Waals surface area contributed by atoms with Crippen LogP contribution in [-0.4, -0.2) is 24.5 Å². The standard InChI is InChI=1S/C15H24N2O2/c1-10-8-13(17-11(2)14(10)15(16)18)19-9-12-6-4-3-5-7-12/h4,6,10,12-14H,3,5,7-9H2,1-2H3,(H2,16,18). The van der Waals surface area contributed by atoms with Crippen molar-refractivity contribution in [2.75, 3.05) is 6.61 Å². The van der Waals surface area contributed by atoms with Crippen LogP contribution in [0.2, 0.25) is 0 Å². The summed E-state index contributed by atoms with van der Waals surface area (Å²) in [6, 6.07) is 0. The van der Waals surface area contributed by atoms with E-state index in [4.69, 9.17) is 10.5 Å². The lowest BCUT2D eigenvalue weighted by atomic mass is 9.84. The lowest BCUT2D eigenvalue weighted by Gasteiger charge is -2.30. The van der Waals surface area contributed by atoms with Gasteiger partial charge < -0.3 is 10.5 Å². The van der Waals surface area contributed by atoms with Crippen LogP contribution in [0.5, 0.6) is 0 Å². The number of aliphatic imine (C=N–C) groups is 1. The monoisotopic (exact) mass is 264 g/mol. The van der Waals surface area contributed by atoms with E-state index in [2.05, 4.69) is 17.1 Å². The Labute approximate surface area is 115 Å². The normalized spacial score (nSPS) is 34.9. The van der Waals surface area contributed by atoms with E-state index in [9.17, 15) is 4.79 Å². The van der Waals surface area contributed by atoms with Gasteiger partial charge in [0.2, 0.25) is 5.91 Å². The van der Waals surface area contributed by atoms with Crippen LogP contribution < -0.4 is 5.73 Å². The van der Waals surface area contributed by atoms with E-state index in [1.807, 2.05) is 13.8 Å². The molecule has 1 aliphatic carbocycles. The molecule has 4 heteroatoms. The van der Waals surface area contributed by atoms with Crippen LogP contribution in [0.4, 0.5) is 0 Å². The van der Waals surface area contributed by atoms with Gasteiger partial charge in [-0.2, -0.15) is 0 Å². The molecule has 0 fully saturated rings. The van der Waals surface area contributed by atoms with Crippen LogP contribution in [-0.2, 0) is 9.53 Å². The van der Waals surface area contributed by atoms with Crippen LogP contribution >= 0.6 is 0 Å². The molecule has 0 spiro atoms. The maximum Gasteiger partial charge on any atom is 0.226 e. The molecule has 1 aliphatic heterocycles. The number of amides is 1. The Balaban J connectivity index is 1.90. The van der Waals surface area contributed by atoms with E-state index in [-0.39, 0.29) is 24.0 Å². The molecule has 4 unspecified atom stereocenters. The number of nitrogens with zero attached hydrogens (tertiary/aromatic N) is 1. The van der Waals surface area contributed by atoms with Gasteiger partial charge in [0.15, 0.2) is 0 Å². The lowest BCUT2D eigenvalue weighted by Crippen LogP contribution is -2.40. The maximum absolute atomic E-state index is 11.4. The number of carbonyl (C=O) groups is 1. The van der Waals surface area contributed by atoms with Crippen molar-refractivity contribution in [1.82, 2.24) is 0 Å². The molecule has 0 aromatic heterocycles. The topological polar surface area (TPSA) is 64.7 Å². The van der Waals surface area contributed by atoms with Crippen molar-refractivity contribution >= 4 is 11.6 Å². The third-order valence-electron chi connectivity index (χ3n) is 4.10. The summed E-state index contributed by atoms with van der Waals surface area (Å²) in [5, 5.41) is 0. The number of nitrogens with two attached hydrogens (primary N) is 1. The average Bonchev–Trinajstić information content (AvgIpc) is 2.36. The Morgan fingerprint density at radius 2 is 2.37 bits per heavy atom. The molecule has 0 saturated carbocycles. The number of ether oxygens (including phenoxy) is 1. The molecule has 0 aromatic rings. The minimum Gasteiger partial charge on any atom is -0.369 e. The average molecular weight is 264 g/mol. The molecule has 106 valence electrons. The number of hydrogen-bond donors (Lipinski definition) is 1. The van der Waals surface area contributed by atoms with E-state index in [0.717, 1.165) is 18.7 Å². The van der Waals surface area contributed by atoms with Gasteiger partial charge in [0.1, 0.15) is 6.23 Å². The first-order valence-electron chi connectivity index (χ1n) is 7.19. The zero-order chi connectivity index (χ0) is 13.8. The van der Waals surface area contributed by atoms with Crippen molar-refractivity contribution in [2.45, 2.75) is 45.8 Å². The quantitative estimate of drug-likeness (QED) is 0.792. The minimum atomic E-state index is -0.276. The first-order chi connectivity index (χ1) is 9.08. The number of carbonyl (C=O) groups excluding carboxylic acids is 1. The van der Waals surface area contributed by atoms with Gasteiger partial charge in [-0.1, -0.05) is 19.1 Å². The Kier molecular flexibility index (Phi) is 4.75. The molecule has 2 N–H and O–H groups in total. The predicted octanol–water partition coefficient (Wildman–Crippen LogP) is 2.29. The van der Waals surface area contributed by atoms with E-state index in [1.54, 1.807) is 0 Å². The highest BCUT2D eigenvalue weighted by atomic mass is 16.5. The van der Waals surface area contributed by atoms with Crippen molar-refractivity contribution in [2.24, 2.45) is 28.5 Å². The lowest BCUT2D eigenvalue weighted by molar-refractivity contribution is -0.121. The number of rotatable bonds is 4. The van der Waals surface area contributed by atoms with Crippen molar-refractivity contribution < 1.29 is 9.53 Å². The number of primary amides is 1. The Hall–Kier alpha value is -1.16. The second kappa shape index (κ2) is 6.33. The summed E-state index contributed by atoms with van der Waals surface area (Å²) >= 11 is 0. The van der Waals surface area contributed by atoms with Gasteiger partial charge in [0, 0.05) is 11.6 Å². The van der Waals surface area contributed by atoms with Crippen molar-refractivity contribution in [3.63, 3.8) is 0 Å². The highest BCUT2D eigenvalue weighted by Gasteiger charge is 2.32. The molecule has 2 aliphatic rings. The fourth-order valence-electron chi connectivity index (χ4n) is 3.07. The van der Waals surface area contributed by atoms with E-state index in [0.29, 0.717) is 5.92 Å². The molecule has 0 aromatic carbocycles. The van der Waals surface area contributed by atoms with Gasteiger partial charge in [-0.15, -0.1) is 0 Å². The smallest absolute Gasteiger partial charge is 0.226 e. The SMILES string of the molecule is CC1=NC(OCC2C=CCCC2)CC(C)C1C(N)=O. The predicted molar refractivity (Wildman–Crippen MR) is 75.8 cm³/mol. The van der Waals surface area contributed by atoms with E-state index < -0.39 is 0 Å². The summed E-state index contributed by atoms with van der Waals surface area (Å²) in [4.78, 5) is 15.9. The fourth-order valence-corrected chi connectivity index (χ4v) is 3.07. The van der Waals surface area contributed by atoms with Gasteiger partial charge in [0.25, 0.3) is 0 Å². The van der Waals surface area contributed by atoms with Gasteiger partial charge in [-0.05, 0) is 38.5 Å². The zero-order valence-electron chi connectivity index (χ0n) is 11.8. The first-order valence-corrected chi connectivity index (χ1v) is 7.19. The van der Waals surface area contributed by atoms with Crippen LogP contribution in [0.15, 0.2) is 17.1 Å². The summed E-state index contributed by atoms with van der Waals surface area (Å²) in [6.07, 6.45) is 8.79. The molecule has 0 bridgehead atoms. The molecular formula is C15H24N2O2. The Morgan fingerprint density at radius 3 is 2.95 bits per heavy atom. The van der Waals surface area contributed by atoms with Gasteiger partial charge in [-0.25, -0.2) is 0 Å². The second-order valence-electron chi connectivity index (χ2n) is 5.77. The van der Waals surface area contributed by atoms with Crippen LogP contribution in [0.3, 0.4) is 0 Å². The van der Waals surface area contributed by atoms with E-state index in [1.165, 1.54) is 19.3 Å². The van der Waals surface area contributed by atoms with Crippen LogP contribution in [0, 0.1) is 17.8 Å². The molecule has 1 amide bonds. The first kappa shape index (κ1) is 14.3. The molecule has 0 radical (unpaired) electrons. The van der Waals surface area contributed by atoms with Crippen molar-refractivity contribution in [3.05, 3.63) is 12.2 Å². The summed E-state index contributed by atoms with van der Waals surface area (Å²) in [5.74, 6) is 0.229. The summed E-state index contributed by atoms with van der Waals surface area (Å²) in [6.45, 7) is 4.65. The van der Waals surface area contributed by atoms with Crippen molar-refractivity contribution in [1.29, 1.82) is 0 Å². The Bertz CT molecular complexity index is 390. The van der Waals surface area contributed by atoms with Gasteiger partial charge in [-0.3, -0.25) is 9.79 Å². The number of hydrogen-bond acceptors (Lipinski definition) is 3. The molecule has 0 saturated heterocycles. The Morgan fingerprint density at radius 1 is 1.58 bits per heavy atom. The van der Waals surface area contributed by atoms with Crippen LogP contribution in [0.25, 0.3) is 0 Å². The fraction of sp³-hybridized carbons (Fsp3) is 0.733. The summed E-state index contributed by atoms with van der Waals surface area (Å²) in [5.41, 5.74) is 6.23. The highest BCUT2D eigenvalue weighted by Crippen LogP contribution is 2.27. The van der Waals surface area contributed by atoms with Crippen molar-refractivity contribution in [3.8, 4) is 0 Å². The third-order valence-corrected chi connectivity index (χ3v) is 4.10. The summed E-state index contributed by atoms with van der Waals surface area (Å²) < 4.78 is 5.90. The van der Waals surface area contributed by atoms with E-state index >= 15 is 0 Å². The molecule has 4 nitrogen and oxygen atoms in total. The highest BCUT2D eigenvalue weighted by molar-refractivity contribution is 6.03. The van der Waals surface area contributed by atoms with Gasteiger partial charge in [0.05, 0.1) is 12.5 Å². The third kappa shape index (κ3) is 3.66. The molecule has 4 atom stereocenters. The number of allylic oxidation sites excluding steroid dienone is 1.